The van der Waals surface area contributed by atoms with Gasteiger partial charge in [-0.3, -0.25) is 5.32 Å². The monoisotopic (exact) mass is 317 g/mol. The second-order valence-corrected chi connectivity index (χ2v) is 6.13. The van der Waals surface area contributed by atoms with E-state index in [4.69, 9.17) is 9.15 Å². The molecule has 0 aromatic carbocycles. The second kappa shape index (κ2) is 7.17. The van der Waals surface area contributed by atoms with E-state index in [0.717, 1.165) is 23.6 Å². The lowest BCUT2D eigenvalue weighted by molar-refractivity contribution is 0.0635. The lowest BCUT2D eigenvalue weighted by Crippen LogP contribution is -2.27. The van der Waals surface area contributed by atoms with Gasteiger partial charge < -0.3 is 14.5 Å². The van der Waals surface area contributed by atoms with Crippen LogP contribution in [-0.4, -0.2) is 16.7 Å². The van der Waals surface area contributed by atoms with E-state index in [1.54, 1.807) is 12.3 Å². The van der Waals surface area contributed by atoms with Gasteiger partial charge in [0.2, 0.25) is 0 Å². The third-order valence-electron chi connectivity index (χ3n) is 2.93. The van der Waals surface area contributed by atoms with Crippen LogP contribution >= 0.6 is 0 Å². The molecule has 0 fully saturated rings. The maximum Gasteiger partial charge on any atom is 0.413 e. The predicted octanol–water partition coefficient (Wildman–Crippen LogP) is 4.20. The lowest BCUT2D eigenvalue weighted by Gasteiger charge is -2.19. The Morgan fingerprint density at radius 3 is 2.52 bits per heavy atom. The quantitative estimate of drug-likeness (QED) is 0.864. The molecule has 124 valence electrons. The molecule has 0 atom stereocenters. The molecule has 2 heterocycles. The normalized spacial score (nSPS) is 11.1. The summed E-state index contributed by atoms with van der Waals surface area (Å²) in [5, 5.41) is 5.81. The van der Waals surface area contributed by atoms with Crippen molar-refractivity contribution in [3.8, 4) is 0 Å². The van der Waals surface area contributed by atoms with Crippen molar-refractivity contribution in [3.63, 3.8) is 0 Å². The molecule has 23 heavy (non-hydrogen) atoms. The van der Waals surface area contributed by atoms with Gasteiger partial charge in [-0.2, -0.15) is 0 Å². The Kier molecular flexibility index (Phi) is 5.26. The van der Waals surface area contributed by atoms with Crippen molar-refractivity contribution in [1.29, 1.82) is 0 Å². The third kappa shape index (κ3) is 5.65. The predicted molar refractivity (Wildman–Crippen MR) is 89.5 cm³/mol. The molecule has 0 aliphatic carbocycles. The minimum atomic E-state index is -0.536. The maximum absolute atomic E-state index is 11.7. The summed E-state index contributed by atoms with van der Waals surface area (Å²) in [6.45, 7) is 8.07. The fourth-order valence-corrected chi connectivity index (χ4v) is 1.88. The first kappa shape index (κ1) is 16.9. The second-order valence-electron chi connectivity index (χ2n) is 6.13. The Morgan fingerprint density at radius 1 is 1.22 bits per heavy atom. The van der Waals surface area contributed by atoms with Gasteiger partial charge in [0, 0.05) is 6.42 Å². The van der Waals surface area contributed by atoms with E-state index in [1.165, 1.54) is 0 Å². The molecule has 0 aliphatic rings. The van der Waals surface area contributed by atoms with Crippen LogP contribution in [0.15, 0.2) is 34.9 Å². The van der Waals surface area contributed by atoms with E-state index in [9.17, 15) is 4.79 Å². The van der Waals surface area contributed by atoms with Crippen molar-refractivity contribution < 1.29 is 13.9 Å². The van der Waals surface area contributed by atoms with Crippen LogP contribution in [-0.2, 0) is 17.7 Å². The van der Waals surface area contributed by atoms with Crippen LogP contribution in [0.1, 0.15) is 39.2 Å². The number of ether oxygens (including phenoxy) is 1. The van der Waals surface area contributed by atoms with E-state index in [1.807, 2.05) is 39.0 Å². The number of aryl methyl sites for hydroxylation is 1. The van der Waals surface area contributed by atoms with Gasteiger partial charge in [0.05, 0.1) is 18.4 Å². The summed E-state index contributed by atoms with van der Waals surface area (Å²) in [6, 6.07) is 7.48. The smallest absolute Gasteiger partial charge is 0.413 e. The fourth-order valence-electron chi connectivity index (χ4n) is 1.88. The van der Waals surface area contributed by atoms with Crippen LogP contribution in [0.5, 0.6) is 0 Å². The maximum atomic E-state index is 11.7. The summed E-state index contributed by atoms with van der Waals surface area (Å²) in [4.78, 5) is 15.8. The number of hydrogen-bond acceptors (Lipinski definition) is 5. The van der Waals surface area contributed by atoms with Gasteiger partial charge in [-0.1, -0.05) is 6.92 Å². The molecule has 0 saturated carbocycles. The average Bonchev–Trinajstić information content (AvgIpc) is 2.92. The van der Waals surface area contributed by atoms with Gasteiger partial charge in [0.1, 0.15) is 22.9 Å². The zero-order valence-corrected chi connectivity index (χ0v) is 14.0. The summed E-state index contributed by atoms with van der Waals surface area (Å²) in [5.41, 5.74) is 0.306. The first-order valence-electron chi connectivity index (χ1n) is 7.63. The minimum absolute atomic E-state index is 0.441. The van der Waals surface area contributed by atoms with Gasteiger partial charge in [-0.25, -0.2) is 9.78 Å². The number of carbonyl (C=O) groups is 1. The molecule has 0 unspecified atom stereocenters. The highest BCUT2D eigenvalue weighted by molar-refractivity contribution is 5.83. The molecule has 6 heteroatoms. The highest BCUT2D eigenvalue weighted by atomic mass is 16.6. The van der Waals surface area contributed by atoms with Gasteiger partial charge in [0.25, 0.3) is 0 Å². The topological polar surface area (TPSA) is 76.4 Å². The van der Waals surface area contributed by atoms with Gasteiger partial charge in [-0.05, 0) is 45.0 Å². The zero-order valence-electron chi connectivity index (χ0n) is 14.0. The molecular weight excluding hydrogens is 294 g/mol. The first-order valence-corrected chi connectivity index (χ1v) is 7.63. The number of pyridine rings is 1. The summed E-state index contributed by atoms with van der Waals surface area (Å²) >= 11 is 0. The molecule has 2 rings (SSSR count). The standard InChI is InChI=1S/C17H23N3O3/c1-5-13-7-8-14(22-13)11-18-12-6-9-15(19-10-12)20-16(21)23-17(2,3)4/h6-10,18H,5,11H2,1-4H3,(H,19,20,21). The SMILES string of the molecule is CCc1ccc(CNc2ccc(NC(=O)OC(C)(C)C)nc2)o1. The third-order valence-corrected chi connectivity index (χ3v) is 2.93. The van der Waals surface area contributed by atoms with E-state index >= 15 is 0 Å². The van der Waals surface area contributed by atoms with Crippen molar-refractivity contribution in [1.82, 2.24) is 4.98 Å². The van der Waals surface area contributed by atoms with Gasteiger partial charge in [0.15, 0.2) is 0 Å². The highest BCUT2D eigenvalue weighted by Gasteiger charge is 2.16. The molecule has 0 spiro atoms. The number of anilines is 2. The molecule has 0 aliphatic heterocycles. The molecule has 2 N–H and O–H groups in total. The van der Waals surface area contributed by atoms with Crippen molar-refractivity contribution >= 4 is 17.6 Å². The van der Waals surface area contributed by atoms with Crippen LogP contribution in [0.4, 0.5) is 16.3 Å². The van der Waals surface area contributed by atoms with Crippen molar-refractivity contribution in [2.45, 2.75) is 46.3 Å². The molecule has 2 aromatic rings. The largest absolute Gasteiger partial charge is 0.464 e. The number of aromatic nitrogens is 1. The molecule has 6 nitrogen and oxygen atoms in total. The average molecular weight is 317 g/mol. The Labute approximate surface area is 136 Å². The van der Waals surface area contributed by atoms with E-state index in [0.29, 0.717) is 12.4 Å². The van der Waals surface area contributed by atoms with Crippen LogP contribution in [0, 0.1) is 0 Å². The summed E-state index contributed by atoms with van der Waals surface area (Å²) in [5.74, 6) is 2.28. The Hall–Kier alpha value is -2.50. The van der Waals surface area contributed by atoms with E-state index < -0.39 is 11.7 Å². The number of nitrogens with one attached hydrogen (secondary N) is 2. The van der Waals surface area contributed by atoms with Crippen molar-refractivity contribution in [3.05, 3.63) is 42.0 Å². The van der Waals surface area contributed by atoms with Crippen molar-refractivity contribution in [2.75, 3.05) is 10.6 Å². The summed E-state index contributed by atoms with van der Waals surface area (Å²) in [7, 11) is 0. The zero-order chi connectivity index (χ0) is 16.9. The summed E-state index contributed by atoms with van der Waals surface area (Å²) < 4.78 is 10.8. The molecule has 0 bridgehead atoms. The first-order chi connectivity index (χ1) is 10.9. The van der Waals surface area contributed by atoms with Crippen LogP contribution in [0.25, 0.3) is 0 Å². The van der Waals surface area contributed by atoms with Gasteiger partial charge in [-0.15, -0.1) is 0 Å². The Bertz CT molecular complexity index is 642. The highest BCUT2D eigenvalue weighted by Crippen LogP contribution is 2.14. The Morgan fingerprint density at radius 2 is 1.96 bits per heavy atom. The van der Waals surface area contributed by atoms with E-state index in [2.05, 4.69) is 22.5 Å². The van der Waals surface area contributed by atoms with Crippen LogP contribution < -0.4 is 10.6 Å². The Balaban J connectivity index is 1.85. The molecular formula is C17H23N3O3. The van der Waals surface area contributed by atoms with Crippen molar-refractivity contribution in [2.24, 2.45) is 0 Å². The number of amides is 1. The molecule has 0 saturated heterocycles. The number of nitrogens with zero attached hydrogens (tertiary/aromatic N) is 1. The lowest BCUT2D eigenvalue weighted by atomic mass is 10.2. The molecule has 2 aromatic heterocycles. The fraction of sp³-hybridized carbons (Fsp3) is 0.412. The minimum Gasteiger partial charge on any atom is -0.464 e. The van der Waals surface area contributed by atoms with E-state index in [-0.39, 0.29) is 0 Å². The number of carbonyl (C=O) groups excluding carboxylic acids is 1. The number of furan rings is 1. The summed E-state index contributed by atoms with van der Waals surface area (Å²) in [6.07, 6.45) is 2.01. The van der Waals surface area contributed by atoms with Gasteiger partial charge >= 0.3 is 6.09 Å². The number of rotatable bonds is 5. The van der Waals surface area contributed by atoms with Crippen LogP contribution in [0.3, 0.4) is 0 Å². The molecule has 1 amide bonds. The number of hydrogen-bond donors (Lipinski definition) is 2. The molecule has 0 radical (unpaired) electrons. The van der Waals surface area contributed by atoms with Crippen LogP contribution in [0.2, 0.25) is 0 Å².